The highest BCUT2D eigenvalue weighted by Crippen LogP contribution is 2.06. The van der Waals surface area contributed by atoms with Crippen molar-refractivity contribution in [3.63, 3.8) is 0 Å². The summed E-state index contributed by atoms with van der Waals surface area (Å²) in [5.41, 5.74) is 10.8. The van der Waals surface area contributed by atoms with Crippen molar-refractivity contribution in [2.45, 2.75) is 29.4 Å². The Hall–Kier alpha value is 0.610. The lowest BCUT2D eigenvalue weighted by atomic mass is 10.1. The molecular formula is C6H15IN2O. The molecule has 0 bridgehead atoms. The number of hydrogen-bond donors (Lipinski definition) is 3. The lowest BCUT2D eigenvalue weighted by molar-refractivity contribution is 0.239. The molecule has 10 heavy (non-hydrogen) atoms. The number of aliphatic hydroxyl groups excluding tert-OH is 1. The zero-order valence-corrected chi connectivity index (χ0v) is 8.12. The van der Waals surface area contributed by atoms with Crippen LogP contribution in [0.2, 0.25) is 0 Å². The van der Waals surface area contributed by atoms with Crippen molar-refractivity contribution >= 4 is 22.6 Å². The number of nitrogens with two attached hydrogens (primary N) is 2. The number of unbranched alkanes of at least 4 members (excludes halogenated alkanes) is 1. The van der Waals surface area contributed by atoms with Gasteiger partial charge in [-0.3, -0.25) is 0 Å². The first-order valence-corrected chi connectivity index (χ1v) is 4.71. The molecule has 0 aromatic carbocycles. The number of halogens is 1. The molecule has 0 fully saturated rings. The van der Waals surface area contributed by atoms with Crippen LogP contribution in [0.3, 0.4) is 0 Å². The molecule has 3 nitrogen and oxygen atoms in total. The summed E-state index contributed by atoms with van der Waals surface area (Å²) >= 11 is 1.92. The van der Waals surface area contributed by atoms with Crippen LogP contribution in [0.25, 0.3) is 0 Å². The van der Waals surface area contributed by atoms with E-state index >= 15 is 0 Å². The summed E-state index contributed by atoms with van der Waals surface area (Å²) in [7, 11) is 0. The van der Waals surface area contributed by atoms with E-state index in [0.29, 0.717) is 6.54 Å². The van der Waals surface area contributed by atoms with Gasteiger partial charge in [-0.1, -0.05) is 6.42 Å². The van der Waals surface area contributed by atoms with Gasteiger partial charge in [0, 0.05) is 6.04 Å². The Bertz CT molecular complexity index is 80.1. The van der Waals surface area contributed by atoms with Crippen LogP contribution in [-0.4, -0.2) is 21.8 Å². The number of rotatable bonds is 5. The molecule has 0 aliphatic carbocycles. The molecule has 5 N–H and O–H groups in total. The number of alkyl halides is 1. The molecule has 0 aromatic heterocycles. The fourth-order valence-electron chi connectivity index (χ4n) is 0.662. The second kappa shape index (κ2) is 6.33. The first-order chi connectivity index (χ1) is 4.68. The van der Waals surface area contributed by atoms with Crippen LogP contribution in [0.1, 0.15) is 19.3 Å². The molecule has 0 aliphatic heterocycles. The van der Waals surface area contributed by atoms with Gasteiger partial charge >= 0.3 is 0 Å². The number of hydrogen-bond acceptors (Lipinski definition) is 3. The molecule has 62 valence electrons. The number of aliphatic hydroxyl groups is 1. The molecular weight excluding hydrogens is 243 g/mol. The molecule has 0 saturated heterocycles. The Morgan fingerprint density at radius 1 is 1.40 bits per heavy atom. The summed E-state index contributed by atoms with van der Waals surface area (Å²) in [6.07, 6.45) is 2.87. The van der Waals surface area contributed by atoms with E-state index in [-0.39, 0.29) is 6.04 Å². The molecule has 0 saturated carbocycles. The van der Waals surface area contributed by atoms with Crippen LogP contribution < -0.4 is 11.5 Å². The van der Waals surface area contributed by atoms with Crippen molar-refractivity contribution in [1.82, 2.24) is 0 Å². The third kappa shape index (κ3) is 5.40. The maximum atomic E-state index is 8.95. The molecule has 0 rings (SSSR count). The zero-order valence-electron chi connectivity index (χ0n) is 5.96. The minimum atomic E-state index is -0.421. The molecule has 4 heteroatoms. The molecule has 0 aliphatic rings. The van der Waals surface area contributed by atoms with E-state index in [9.17, 15) is 0 Å². The second-order valence-corrected chi connectivity index (χ2v) is 3.60. The molecule has 0 heterocycles. The largest absolute Gasteiger partial charge is 0.381 e. The fraction of sp³-hybridized carbons (Fsp3) is 1.00. The Morgan fingerprint density at radius 3 is 2.40 bits per heavy atom. The minimum Gasteiger partial charge on any atom is -0.381 e. The van der Waals surface area contributed by atoms with Crippen molar-refractivity contribution < 1.29 is 5.11 Å². The highest BCUT2D eigenvalue weighted by atomic mass is 127. The van der Waals surface area contributed by atoms with Crippen molar-refractivity contribution in [3.8, 4) is 0 Å². The van der Waals surface area contributed by atoms with Crippen LogP contribution in [0.5, 0.6) is 0 Å². The highest BCUT2D eigenvalue weighted by Gasteiger charge is 2.08. The van der Waals surface area contributed by atoms with Crippen LogP contribution >= 0.6 is 22.6 Å². The predicted molar refractivity (Wildman–Crippen MR) is 50.9 cm³/mol. The van der Waals surface area contributed by atoms with Gasteiger partial charge in [-0.25, -0.2) is 0 Å². The SMILES string of the molecule is NCCCC[C@H](N)[C@@H](O)I. The van der Waals surface area contributed by atoms with Gasteiger partial charge in [-0.2, -0.15) is 0 Å². The third-order valence-electron chi connectivity index (χ3n) is 1.34. The average molecular weight is 258 g/mol. The Balaban J connectivity index is 3.13. The van der Waals surface area contributed by atoms with Crippen LogP contribution in [0.4, 0.5) is 0 Å². The maximum Gasteiger partial charge on any atom is 0.120 e. The average Bonchev–Trinajstić information content (AvgIpc) is 1.88. The lowest BCUT2D eigenvalue weighted by Gasteiger charge is -2.11. The van der Waals surface area contributed by atoms with Gasteiger partial charge < -0.3 is 16.6 Å². The molecule has 0 aromatic rings. The van der Waals surface area contributed by atoms with Gasteiger partial charge in [0.1, 0.15) is 4.11 Å². The topological polar surface area (TPSA) is 72.3 Å². The highest BCUT2D eigenvalue weighted by molar-refractivity contribution is 14.1. The monoisotopic (exact) mass is 258 g/mol. The first-order valence-electron chi connectivity index (χ1n) is 3.46. The van der Waals surface area contributed by atoms with Crippen LogP contribution in [0, 0.1) is 0 Å². The van der Waals surface area contributed by atoms with Crippen molar-refractivity contribution in [3.05, 3.63) is 0 Å². The second-order valence-electron chi connectivity index (χ2n) is 2.32. The molecule has 0 amide bonds. The van der Waals surface area contributed by atoms with Gasteiger partial charge in [0.2, 0.25) is 0 Å². The zero-order chi connectivity index (χ0) is 7.98. The van der Waals surface area contributed by atoms with Crippen LogP contribution in [0.15, 0.2) is 0 Å². The lowest BCUT2D eigenvalue weighted by Crippen LogP contribution is -2.30. The summed E-state index contributed by atoms with van der Waals surface area (Å²) in [4.78, 5) is 0. The summed E-state index contributed by atoms with van der Waals surface area (Å²) < 4.78 is -0.421. The Kier molecular flexibility index (Phi) is 6.71. The summed E-state index contributed by atoms with van der Waals surface area (Å²) in [6.45, 7) is 0.712. The smallest absolute Gasteiger partial charge is 0.120 e. The standard InChI is InChI=1S/C6H15IN2O/c7-6(10)5(9)3-1-2-4-8/h5-6,10H,1-4,8-9H2/t5-,6+/m0/s1. The van der Waals surface area contributed by atoms with Gasteiger partial charge in [-0.15, -0.1) is 0 Å². The van der Waals surface area contributed by atoms with Gasteiger partial charge in [0.15, 0.2) is 0 Å². The van der Waals surface area contributed by atoms with E-state index in [1.165, 1.54) is 0 Å². The summed E-state index contributed by atoms with van der Waals surface area (Å²) in [5, 5.41) is 8.95. The fourth-order valence-corrected chi connectivity index (χ4v) is 1.02. The van der Waals surface area contributed by atoms with E-state index in [0.717, 1.165) is 19.3 Å². The quantitative estimate of drug-likeness (QED) is 0.374. The van der Waals surface area contributed by atoms with Crippen molar-refractivity contribution in [2.75, 3.05) is 6.54 Å². The van der Waals surface area contributed by atoms with Crippen molar-refractivity contribution in [2.24, 2.45) is 11.5 Å². The molecule has 2 atom stereocenters. The van der Waals surface area contributed by atoms with Crippen molar-refractivity contribution in [1.29, 1.82) is 0 Å². The molecule has 0 unspecified atom stereocenters. The summed E-state index contributed by atoms with van der Waals surface area (Å²) in [5.74, 6) is 0. The predicted octanol–water partition coefficient (Wildman–Crippen LogP) is 0.196. The molecule has 0 spiro atoms. The van der Waals surface area contributed by atoms with Crippen LogP contribution in [-0.2, 0) is 0 Å². The molecule has 0 radical (unpaired) electrons. The third-order valence-corrected chi connectivity index (χ3v) is 2.27. The summed E-state index contributed by atoms with van der Waals surface area (Å²) in [6, 6.07) is -0.0906. The maximum absolute atomic E-state index is 8.95. The normalized spacial score (nSPS) is 16.8. The van der Waals surface area contributed by atoms with Gasteiger partial charge in [-0.05, 0) is 42.0 Å². The van der Waals surface area contributed by atoms with Gasteiger partial charge in [0.25, 0.3) is 0 Å². The van der Waals surface area contributed by atoms with E-state index in [1.807, 2.05) is 22.6 Å². The first kappa shape index (κ1) is 10.6. The Morgan fingerprint density at radius 2 is 2.00 bits per heavy atom. The van der Waals surface area contributed by atoms with E-state index < -0.39 is 4.11 Å². The Labute approximate surface area is 75.3 Å². The minimum absolute atomic E-state index is 0.0906. The van der Waals surface area contributed by atoms with E-state index in [1.54, 1.807) is 0 Å². The van der Waals surface area contributed by atoms with Gasteiger partial charge in [0.05, 0.1) is 0 Å². The van der Waals surface area contributed by atoms with E-state index in [2.05, 4.69) is 0 Å². The van der Waals surface area contributed by atoms with E-state index in [4.69, 9.17) is 16.6 Å².